The van der Waals surface area contributed by atoms with E-state index in [4.69, 9.17) is 5.73 Å². The van der Waals surface area contributed by atoms with Crippen LogP contribution in [0.1, 0.15) is 46.5 Å². The Labute approximate surface area is 104 Å². The van der Waals surface area contributed by atoms with Gasteiger partial charge < -0.3 is 16.2 Å². The fourth-order valence-electron chi connectivity index (χ4n) is 2.37. The van der Waals surface area contributed by atoms with E-state index in [0.717, 1.165) is 19.3 Å². The second-order valence-electron chi connectivity index (χ2n) is 6.20. The Morgan fingerprint density at radius 2 is 2.24 bits per heavy atom. The summed E-state index contributed by atoms with van der Waals surface area (Å²) in [4.78, 5) is 11.9. The van der Waals surface area contributed by atoms with Crippen molar-refractivity contribution in [2.45, 2.75) is 52.1 Å². The van der Waals surface area contributed by atoms with Gasteiger partial charge in [-0.05, 0) is 32.6 Å². The quantitative estimate of drug-likeness (QED) is 0.689. The van der Waals surface area contributed by atoms with Crippen LogP contribution in [0, 0.1) is 11.3 Å². The van der Waals surface area contributed by atoms with Crippen LogP contribution in [-0.2, 0) is 4.79 Å². The maximum Gasteiger partial charge on any atom is 0.227 e. The smallest absolute Gasteiger partial charge is 0.227 e. The van der Waals surface area contributed by atoms with Crippen LogP contribution in [0.4, 0.5) is 0 Å². The molecule has 0 aromatic carbocycles. The number of rotatable bonds is 4. The Morgan fingerprint density at radius 1 is 1.59 bits per heavy atom. The number of aliphatic hydroxyl groups is 1. The minimum atomic E-state index is -0.724. The predicted octanol–water partition coefficient (Wildman–Crippen LogP) is 1.03. The Morgan fingerprint density at radius 3 is 2.76 bits per heavy atom. The third kappa shape index (κ3) is 3.96. The number of amides is 1. The van der Waals surface area contributed by atoms with Gasteiger partial charge in [-0.15, -0.1) is 0 Å². The highest BCUT2D eigenvalue weighted by Gasteiger charge is 2.34. The molecule has 0 spiro atoms. The van der Waals surface area contributed by atoms with Crippen LogP contribution in [0.3, 0.4) is 0 Å². The van der Waals surface area contributed by atoms with Gasteiger partial charge in [0.2, 0.25) is 5.91 Å². The second-order valence-corrected chi connectivity index (χ2v) is 6.20. The van der Waals surface area contributed by atoms with E-state index in [2.05, 4.69) is 12.2 Å². The molecule has 1 fully saturated rings. The van der Waals surface area contributed by atoms with Crippen molar-refractivity contribution in [3.05, 3.63) is 0 Å². The molecule has 0 aliphatic heterocycles. The lowest BCUT2D eigenvalue weighted by Gasteiger charge is -2.36. The van der Waals surface area contributed by atoms with Crippen molar-refractivity contribution in [3.63, 3.8) is 0 Å². The minimum Gasteiger partial charge on any atom is -0.388 e. The molecule has 100 valence electrons. The Kier molecular flexibility index (Phi) is 4.55. The van der Waals surface area contributed by atoms with Gasteiger partial charge in [-0.1, -0.05) is 19.8 Å². The van der Waals surface area contributed by atoms with Crippen molar-refractivity contribution in [2.75, 3.05) is 13.1 Å². The number of carbonyl (C=O) groups excluding carboxylic acids is 1. The van der Waals surface area contributed by atoms with E-state index in [9.17, 15) is 9.90 Å². The van der Waals surface area contributed by atoms with Crippen molar-refractivity contribution in [3.8, 4) is 0 Å². The first-order chi connectivity index (χ1) is 7.79. The van der Waals surface area contributed by atoms with Gasteiger partial charge in [0.25, 0.3) is 0 Å². The van der Waals surface area contributed by atoms with E-state index in [1.807, 2.05) is 13.8 Å². The Hall–Kier alpha value is -0.610. The molecule has 4 heteroatoms. The zero-order chi connectivity index (χ0) is 13.1. The molecule has 17 heavy (non-hydrogen) atoms. The van der Waals surface area contributed by atoms with Crippen molar-refractivity contribution in [2.24, 2.45) is 17.1 Å². The van der Waals surface area contributed by atoms with Crippen molar-refractivity contribution in [1.82, 2.24) is 5.32 Å². The molecule has 0 aromatic heterocycles. The van der Waals surface area contributed by atoms with Gasteiger partial charge in [-0.25, -0.2) is 0 Å². The summed E-state index contributed by atoms with van der Waals surface area (Å²) in [5.41, 5.74) is 4.26. The van der Waals surface area contributed by atoms with Gasteiger partial charge in [-0.2, -0.15) is 0 Å². The lowest BCUT2D eigenvalue weighted by atomic mass is 9.78. The number of carbonyl (C=O) groups is 1. The SMILES string of the molecule is CC1CCCC(O)(CNC(=O)C(C)(C)CN)C1. The number of hydrogen-bond acceptors (Lipinski definition) is 3. The van der Waals surface area contributed by atoms with Crippen LogP contribution in [0.5, 0.6) is 0 Å². The van der Waals surface area contributed by atoms with Gasteiger partial charge in [0.05, 0.1) is 11.0 Å². The maximum atomic E-state index is 11.9. The van der Waals surface area contributed by atoms with E-state index in [-0.39, 0.29) is 5.91 Å². The second kappa shape index (κ2) is 5.36. The summed E-state index contributed by atoms with van der Waals surface area (Å²) in [7, 11) is 0. The molecule has 4 nitrogen and oxygen atoms in total. The summed E-state index contributed by atoms with van der Waals surface area (Å²) >= 11 is 0. The molecular weight excluding hydrogens is 216 g/mol. The molecule has 0 heterocycles. The first-order valence-electron chi connectivity index (χ1n) is 6.50. The lowest BCUT2D eigenvalue weighted by molar-refractivity contribution is -0.130. The highest BCUT2D eigenvalue weighted by Crippen LogP contribution is 2.31. The van der Waals surface area contributed by atoms with Gasteiger partial charge >= 0.3 is 0 Å². The topological polar surface area (TPSA) is 75.3 Å². The normalized spacial score (nSPS) is 30.1. The highest BCUT2D eigenvalue weighted by atomic mass is 16.3. The first kappa shape index (κ1) is 14.5. The van der Waals surface area contributed by atoms with Crippen molar-refractivity contribution in [1.29, 1.82) is 0 Å². The van der Waals surface area contributed by atoms with Crippen molar-refractivity contribution < 1.29 is 9.90 Å². The summed E-state index contributed by atoms with van der Waals surface area (Å²) in [6, 6.07) is 0. The zero-order valence-corrected chi connectivity index (χ0v) is 11.3. The molecule has 0 aromatic rings. The molecule has 0 bridgehead atoms. The van der Waals surface area contributed by atoms with E-state index in [0.29, 0.717) is 19.0 Å². The predicted molar refractivity (Wildman–Crippen MR) is 68.4 cm³/mol. The molecule has 0 saturated heterocycles. The molecule has 2 unspecified atom stereocenters. The minimum absolute atomic E-state index is 0.0772. The summed E-state index contributed by atoms with van der Waals surface area (Å²) in [5.74, 6) is 0.458. The van der Waals surface area contributed by atoms with Crippen LogP contribution in [0.25, 0.3) is 0 Å². The first-order valence-corrected chi connectivity index (χ1v) is 6.50. The lowest BCUT2D eigenvalue weighted by Crippen LogP contribution is -2.50. The average Bonchev–Trinajstić information content (AvgIpc) is 2.25. The van der Waals surface area contributed by atoms with E-state index in [1.165, 1.54) is 6.42 Å². The fourth-order valence-corrected chi connectivity index (χ4v) is 2.37. The van der Waals surface area contributed by atoms with Crippen LogP contribution >= 0.6 is 0 Å². The maximum absolute atomic E-state index is 11.9. The molecule has 4 N–H and O–H groups in total. The monoisotopic (exact) mass is 242 g/mol. The summed E-state index contributed by atoms with van der Waals surface area (Å²) in [6.45, 7) is 6.44. The molecule has 1 rings (SSSR count). The summed E-state index contributed by atoms with van der Waals surface area (Å²) < 4.78 is 0. The Bertz CT molecular complexity index is 279. The highest BCUT2D eigenvalue weighted by molar-refractivity contribution is 5.82. The molecule has 1 aliphatic carbocycles. The van der Waals surface area contributed by atoms with Crippen molar-refractivity contribution >= 4 is 5.91 Å². The molecule has 1 saturated carbocycles. The van der Waals surface area contributed by atoms with Gasteiger partial charge in [0, 0.05) is 13.1 Å². The van der Waals surface area contributed by atoms with Crippen LogP contribution in [0.2, 0.25) is 0 Å². The van der Waals surface area contributed by atoms with Gasteiger partial charge in [-0.3, -0.25) is 4.79 Å². The number of hydrogen-bond donors (Lipinski definition) is 3. The summed E-state index contributed by atoms with van der Waals surface area (Å²) in [5, 5.41) is 13.2. The third-order valence-electron chi connectivity index (χ3n) is 3.77. The fraction of sp³-hybridized carbons (Fsp3) is 0.923. The number of nitrogens with one attached hydrogen (secondary N) is 1. The molecule has 1 aliphatic rings. The molecule has 2 atom stereocenters. The van der Waals surface area contributed by atoms with Gasteiger partial charge in [0.1, 0.15) is 0 Å². The standard InChI is InChI=1S/C13H26N2O2/c1-10-5-4-6-13(17,7-10)9-15-11(16)12(2,3)8-14/h10,17H,4-9,14H2,1-3H3,(H,15,16). The van der Waals surface area contributed by atoms with E-state index >= 15 is 0 Å². The largest absolute Gasteiger partial charge is 0.388 e. The zero-order valence-electron chi connectivity index (χ0n) is 11.3. The molecular formula is C13H26N2O2. The van der Waals surface area contributed by atoms with E-state index in [1.54, 1.807) is 0 Å². The van der Waals surface area contributed by atoms with Gasteiger partial charge in [0.15, 0.2) is 0 Å². The van der Waals surface area contributed by atoms with Crippen LogP contribution < -0.4 is 11.1 Å². The Balaban J connectivity index is 2.47. The molecule has 1 amide bonds. The number of nitrogens with two attached hydrogens (primary N) is 1. The van der Waals surface area contributed by atoms with Crippen LogP contribution in [0.15, 0.2) is 0 Å². The summed E-state index contributed by atoms with van der Waals surface area (Å²) in [6.07, 6.45) is 3.76. The van der Waals surface area contributed by atoms with Crippen LogP contribution in [-0.4, -0.2) is 29.7 Å². The molecule has 0 radical (unpaired) electrons. The average molecular weight is 242 g/mol. The third-order valence-corrected chi connectivity index (χ3v) is 3.77. The van der Waals surface area contributed by atoms with E-state index < -0.39 is 11.0 Å².